The molecule has 0 unspecified atom stereocenters. The Morgan fingerprint density at radius 1 is 0.768 bits per heavy atom. The number of ether oxygens (including phenoxy) is 2. The van der Waals surface area contributed by atoms with Gasteiger partial charge in [0, 0.05) is 65.4 Å². The molecule has 5 N–H and O–H groups in total. The van der Waals surface area contributed by atoms with Gasteiger partial charge in [0.1, 0.15) is 6.04 Å². The summed E-state index contributed by atoms with van der Waals surface area (Å²) >= 11 is 0. The third-order valence-electron chi connectivity index (χ3n) is 16.0. The van der Waals surface area contributed by atoms with E-state index in [1.807, 2.05) is 76.8 Å². The van der Waals surface area contributed by atoms with Gasteiger partial charge in [-0.05, 0) is 106 Å². The minimum Gasteiger partial charge on any atom is -0.379 e. The molecular formula is C60H92N8O13S. The van der Waals surface area contributed by atoms with E-state index in [4.69, 9.17) is 9.47 Å². The number of benzene rings is 2. The Bertz CT molecular complexity index is 2570. The van der Waals surface area contributed by atoms with Gasteiger partial charge in [-0.15, -0.1) is 0 Å². The molecule has 2 aromatic carbocycles. The molecule has 2 heterocycles. The van der Waals surface area contributed by atoms with E-state index >= 15 is 0 Å². The van der Waals surface area contributed by atoms with Crippen LogP contribution in [0.1, 0.15) is 130 Å². The van der Waals surface area contributed by atoms with Crippen LogP contribution in [0.15, 0.2) is 71.6 Å². The van der Waals surface area contributed by atoms with Crippen LogP contribution in [0.5, 0.6) is 0 Å². The van der Waals surface area contributed by atoms with Crippen LogP contribution in [0.2, 0.25) is 0 Å². The second-order valence-corrected chi connectivity index (χ2v) is 24.1. The fourth-order valence-electron chi connectivity index (χ4n) is 11.2. The van der Waals surface area contributed by atoms with Crippen molar-refractivity contribution in [1.82, 2.24) is 41.1 Å². The molecule has 2 aliphatic rings. The first-order valence-corrected chi connectivity index (χ1v) is 30.4. The highest BCUT2D eigenvalue weighted by molar-refractivity contribution is 7.85. The zero-order valence-corrected chi connectivity index (χ0v) is 50.9. The number of aryl methyl sites for hydroxylation is 1. The summed E-state index contributed by atoms with van der Waals surface area (Å²) in [7, 11) is 2.20. The van der Waals surface area contributed by atoms with Gasteiger partial charge in [-0.1, -0.05) is 104 Å². The third kappa shape index (κ3) is 20.4. The lowest BCUT2D eigenvalue weighted by atomic mass is 9.89. The summed E-state index contributed by atoms with van der Waals surface area (Å²) in [5, 5.41) is 6.30. The Morgan fingerprint density at radius 2 is 1.39 bits per heavy atom. The van der Waals surface area contributed by atoms with Crippen molar-refractivity contribution < 1.29 is 60.8 Å². The Labute approximate surface area is 486 Å². The molecule has 0 spiro atoms. The summed E-state index contributed by atoms with van der Waals surface area (Å²) in [5.74, 6) is -3.86. The van der Waals surface area contributed by atoms with E-state index in [0.29, 0.717) is 77.3 Å². The van der Waals surface area contributed by atoms with Gasteiger partial charge < -0.3 is 29.9 Å². The summed E-state index contributed by atoms with van der Waals surface area (Å²) in [5.41, 5.74) is 6.72. The summed E-state index contributed by atoms with van der Waals surface area (Å²) in [4.78, 5) is 112. The molecular weight excluding hydrogens is 1070 g/mol. The molecule has 0 aromatic heterocycles. The summed E-state index contributed by atoms with van der Waals surface area (Å²) < 4.78 is 44.9. The highest BCUT2D eigenvalue weighted by atomic mass is 32.2. The molecule has 9 atom stereocenters. The summed E-state index contributed by atoms with van der Waals surface area (Å²) in [6, 6.07) is 12.9. The van der Waals surface area contributed by atoms with E-state index in [-0.39, 0.29) is 95.8 Å². The van der Waals surface area contributed by atoms with E-state index in [1.165, 1.54) is 31.4 Å². The van der Waals surface area contributed by atoms with Gasteiger partial charge >= 0.3 is 0 Å². The van der Waals surface area contributed by atoms with Gasteiger partial charge in [-0.25, -0.2) is 0 Å². The number of imide groups is 1. The van der Waals surface area contributed by atoms with Crippen LogP contribution < -0.4 is 21.5 Å². The predicted octanol–water partition coefficient (Wildman–Crippen LogP) is 5.02. The molecule has 0 aliphatic carbocycles. The van der Waals surface area contributed by atoms with Gasteiger partial charge in [0.05, 0.1) is 47.6 Å². The monoisotopic (exact) mass is 1160 g/mol. The first kappa shape index (κ1) is 68.4. The molecule has 82 heavy (non-hydrogen) atoms. The number of hydrazine groups is 1. The van der Waals surface area contributed by atoms with Crippen LogP contribution in [0.4, 0.5) is 0 Å². The number of likely N-dealkylation sites (N-methyl/N-ethyl adjacent to an activating group) is 2. The van der Waals surface area contributed by atoms with Crippen LogP contribution in [0.3, 0.4) is 0 Å². The standard InChI is InChI=1S/C60H92N8O13S/c1-12-41(6)56(66(9)60(76)54(39(2)3)62-59(75)55(40(4)5)65(8)34-20-25-50(70)64-63-49(69)24-17-14-18-35-68-51(71)32-33-52(68)72)48(80-10)38-53(73)67-36-19-23-47(67)57(81-11)42(7)58(74)61-45(37-44-21-15-13-16-22-44)29-26-43-27-30-46(31-28-43)82(77,78)79/h13,15-16,21-22,27-28,30-33,39-42,45,47-48,54-57H,12,14,17-20,23-26,29,34-38H2,1-11H3,(H,61,74)(H,62,75)(H,63,69)(H,64,70)(H,77,78,79)/t41-,42+,45+,47-,48+,54-,55-,56-,57+/m0/s1. The predicted molar refractivity (Wildman–Crippen MR) is 311 cm³/mol. The maximum atomic E-state index is 14.7. The van der Waals surface area contributed by atoms with Gasteiger partial charge in [0.25, 0.3) is 21.9 Å². The van der Waals surface area contributed by atoms with E-state index in [0.717, 1.165) is 16.0 Å². The highest BCUT2D eigenvalue weighted by Crippen LogP contribution is 2.30. The van der Waals surface area contributed by atoms with Crippen molar-refractivity contribution in [3.05, 3.63) is 77.9 Å². The lowest BCUT2D eigenvalue weighted by Gasteiger charge is -2.41. The third-order valence-corrected chi connectivity index (χ3v) is 16.8. The number of carbonyl (C=O) groups is 8. The minimum atomic E-state index is -4.34. The molecule has 0 radical (unpaired) electrons. The van der Waals surface area contributed by atoms with Crippen LogP contribution in [0, 0.1) is 23.7 Å². The number of likely N-dealkylation sites (tertiary alicyclic amines) is 1. The Kier molecular flexibility index (Phi) is 27.8. The lowest BCUT2D eigenvalue weighted by Crippen LogP contribution is -2.60. The van der Waals surface area contributed by atoms with E-state index in [1.54, 1.807) is 50.1 Å². The number of carbonyl (C=O) groups excluding carboxylic acids is 8. The van der Waals surface area contributed by atoms with Crippen molar-refractivity contribution in [3.63, 3.8) is 0 Å². The molecule has 456 valence electrons. The quantitative estimate of drug-likeness (QED) is 0.0267. The zero-order chi connectivity index (χ0) is 60.8. The Morgan fingerprint density at radius 3 is 1.95 bits per heavy atom. The summed E-state index contributed by atoms with van der Waals surface area (Å²) in [6.07, 6.45) is 6.86. The number of hydrogen-bond acceptors (Lipinski definition) is 13. The second kappa shape index (κ2) is 33.3. The van der Waals surface area contributed by atoms with Gasteiger partial charge in [-0.3, -0.25) is 63.6 Å². The Balaban J connectivity index is 1.35. The van der Waals surface area contributed by atoms with Crippen molar-refractivity contribution in [3.8, 4) is 0 Å². The fourth-order valence-corrected chi connectivity index (χ4v) is 11.7. The topological polar surface area (TPSA) is 270 Å². The Hall–Kier alpha value is -6.07. The molecule has 0 bridgehead atoms. The SMILES string of the molecule is CC[C@H](C)[C@@H]([C@@H](CC(=O)N1CCC[C@H]1[C@H](OC)[C@@H](C)C(=O)N[C@H](CCc1ccc(S(=O)(=O)O)cc1)Cc1ccccc1)OC)N(C)C(=O)[C@@H](NC(=O)[C@H](C(C)C)N(C)CCCC(=O)NNC(=O)CCCCCN1C(=O)C=CC1=O)C(C)C. The number of amides is 8. The number of unbranched alkanes of at least 4 members (excludes halogenated alkanes) is 2. The lowest BCUT2D eigenvalue weighted by molar-refractivity contribution is -0.148. The minimum absolute atomic E-state index is 0.0581. The number of nitrogens with zero attached hydrogens (tertiary/aromatic N) is 4. The first-order valence-electron chi connectivity index (χ1n) is 29.0. The highest BCUT2D eigenvalue weighted by Gasteiger charge is 2.43. The number of nitrogens with one attached hydrogen (secondary N) is 4. The van der Waals surface area contributed by atoms with E-state index < -0.39 is 58.3 Å². The van der Waals surface area contributed by atoms with Crippen LogP contribution in [-0.4, -0.2) is 170 Å². The largest absolute Gasteiger partial charge is 0.379 e. The number of hydrogen-bond donors (Lipinski definition) is 5. The normalized spacial score (nSPS) is 17.5. The molecule has 8 amide bonds. The van der Waals surface area contributed by atoms with Gasteiger partial charge in [0.2, 0.25) is 35.4 Å². The van der Waals surface area contributed by atoms with E-state index in [2.05, 4.69) is 21.5 Å². The molecule has 4 rings (SSSR count). The molecule has 2 aromatic rings. The van der Waals surface area contributed by atoms with Crippen molar-refractivity contribution in [1.29, 1.82) is 0 Å². The molecule has 1 fully saturated rings. The molecule has 0 saturated carbocycles. The maximum absolute atomic E-state index is 14.7. The number of rotatable bonds is 34. The number of methoxy groups -OCH3 is 2. The van der Waals surface area contributed by atoms with Crippen LogP contribution >= 0.6 is 0 Å². The fraction of sp³-hybridized carbons (Fsp3) is 0.633. The van der Waals surface area contributed by atoms with Crippen LogP contribution in [0.25, 0.3) is 0 Å². The van der Waals surface area contributed by atoms with Gasteiger partial charge in [0.15, 0.2) is 0 Å². The van der Waals surface area contributed by atoms with Crippen molar-refractivity contribution >= 4 is 57.4 Å². The van der Waals surface area contributed by atoms with Crippen molar-refractivity contribution in [2.24, 2.45) is 23.7 Å². The molecule has 22 heteroatoms. The van der Waals surface area contributed by atoms with E-state index in [9.17, 15) is 51.3 Å². The second-order valence-electron chi connectivity index (χ2n) is 22.7. The van der Waals surface area contributed by atoms with Crippen molar-refractivity contribution in [2.45, 2.75) is 179 Å². The van der Waals surface area contributed by atoms with Crippen molar-refractivity contribution in [2.75, 3.05) is 47.9 Å². The zero-order valence-electron chi connectivity index (χ0n) is 50.1. The van der Waals surface area contributed by atoms with Gasteiger partial charge in [-0.2, -0.15) is 8.42 Å². The van der Waals surface area contributed by atoms with Crippen LogP contribution in [-0.2, 0) is 70.8 Å². The summed E-state index contributed by atoms with van der Waals surface area (Å²) in [6.45, 7) is 14.4. The smallest absolute Gasteiger partial charge is 0.294 e. The molecule has 2 aliphatic heterocycles. The average molecular weight is 1170 g/mol. The molecule has 1 saturated heterocycles. The average Bonchev–Trinajstić information content (AvgIpc) is 4.06. The molecule has 21 nitrogen and oxygen atoms in total. The first-order chi connectivity index (χ1) is 38.8. The maximum Gasteiger partial charge on any atom is 0.294 e.